The molecule has 0 aliphatic carbocycles. The number of ether oxygens (including phenoxy) is 2. The second kappa shape index (κ2) is 8.73. The van der Waals surface area contributed by atoms with Gasteiger partial charge in [-0.3, -0.25) is 4.79 Å². The van der Waals surface area contributed by atoms with Crippen molar-refractivity contribution < 1.29 is 19.4 Å². The van der Waals surface area contributed by atoms with Crippen molar-refractivity contribution in [1.29, 1.82) is 0 Å². The van der Waals surface area contributed by atoms with Crippen LogP contribution < -0.4 is 9.47 Å². The van der Waals surface area contributed by atoms with Gasteiger partial charge in [0.2, 0.25) is 0 Å². The van der Waals surface area contributed by atoms with Crippen LogP contribution in [0.1, 0.15) is 30.4 Å². The minimum atomic E-state index is -0.845. The molecule has 0 saturated carbocycles. The lowest BCUT2D eigenvalue weighted by molar-refractivity contribution is -0.138. The summed E-state index contributed by atoms with van der Waals surface area (Å²) in [5, 5.41) is 9.59. The van der Waals surface area contributed by atoms with Gasteiger partial charge in [0.05, 0.1) is 24.1 Å². The maximum absolute atomic E-state index is 11.7. The quantitative estimate of drug-likeness (QED) is 0.709. The Balaban J connectivity index is 2.18. The minimum Gasteiger partial charge on any atom is -0.497 e. The summed E-state index contributed by atoms with van der Waals surface area (Å²) < 4.78 is 11.6. The third kappa shape index (κ3) is 4.74. The Morgan fingerprint density at radius 3 is 2.46 bits per heavy atom. The molecule has 0 spiro atoms. The first-order chi connectivity index (χ1) is 11.5. The molecule has 0 amide bonds. The van der Waals surface area contributed by atoms with Gasteiger partial charge in [-0.1, -0.05) is 25.1 Å². The number of carbonyl (C=O) groups is 1. The van der Waals surface area contributed by atoms with E-state index in [-0.39, 0.29) is 0 Å². The van der Waals surface area contributed by atoms with Gasteiger partial charge in [-0.25, -0.2) is 0 Å². The van der Waals surface area contributed by atoms with Gasteiger partial charge in [0, 0.05) is 0 Å². The fraction of sp³-hybridized carbons (Fsp3) is 0.316. The Kier molecular flexibility index (Phi) is 6.67. The third-order valence-electron chi connectivity index (χ3n) is 3.71. The molecule has 0 aliphatic rings. The highest BCUT2D eigenvalue weighted by molar-refractivity contribution is 9.10. The Hall–Kier alpha value is -2.01. The SMILES string of the molecule is CCCOc1ccc(CC(C(=O)O)c2ccc(OC)cc2)cc1Br. The van der Waals surface area contributed by atoms with Crippen LogP contribution in [0.15, 0.2) is 46.9 Å². The normalized spacial score (nSPS) is 11.8. The summed E-state index contributed by atoms with van der Waals surface area (Å²) in [5.41, 5.74) is 1.69. The first-order valence-electron chi connectivity index (χ1n) is 7.83. The second-order valence-electron chi connectivity index (χ2n) is 5.48. The van der Waals surface area contributed by atoms with E-state index in [2.05, 4.69) is 22.9 Å². The van der Waals surface area contributed by atoms with E-state index in [1.165, 1.54) is 0 Å². The van der Waals surface area contributed by atoms with Crippen LogP contribution >= 0.6 is 15.9 Å². The van der Waals surface area contributed by atoms with Crippen molar-refractivity contribution in [3.8, 4) is 11.5 Å². The fourth-order valence-corrected chi connectivity index (χ4v) is 2.96. The highest BCUT2D eigenvalue weighted by atomic mass is 79.9. The van der Waals surface area contributed by atoms with E-state index in [1.807, 2.05) is 18.2 Å². The van der Waals surface area contributed by atoms with E-state index in [1.54, 1.807) is 31.4 Å². The van der Waals surface area contributed by atoms with E-state index < -0.39 is 11.9 Å². The molecule has 0 fully saturated rings. The number of hydrogen-bond acceptors (Lipinski definition) is 3. The van der Waals surface area contributed by atoms with Crippen molar-refractivity contribution in [2.24, 2.45) is 0 Å². The molecule has 0 aliphatic heterocycles. The van der Waals surface area contributed by atoms with Crippen molar-refractivity contribution in [2.45, 2.75) is 25.7 Å². The molecule has 1 atom stereocenters. The van der Waals surface area contributed by atoms with Crippen LogP contribution in [0, 0.1) is 0 Å². The molecule has 24 heavy (non-hydrogen) atoms. The van der Waals surface area contributed by atoms with Crippen LogP contribution in [0.5, 0.6) is 11.5 Å². The number of benzene rings is 2. The van der Waals surface area contributed by atoms with Gasteiger partial charge >= 0.3 is 5.97 Å². The van der Waals surface area contributed by atoms with E-state index >= 15 is 0 Å². The molecule has 2 rings (SSSR count). The number of rotatable bonds is 8. The molecule has 0 saturated heterocycles. The Bertz CT molecular complexity index is 682. The standard InChI is InChI=1S/C19H21BrO4/c1-3-10-24-18-9-4-13(12-17(18)20)11-16(19(21)22)14-5-7-15(23-2)8-6-14/h4-9,12,16H,3,10-11H2,1-2H3,(H,21,22). The monoisotopic (exact) mass is 392 g/mol. The summed E-state index contributed by atoms with van der Waals surface area (Å²) in [6, 6.07) is 12.9. The van der Waals surface area contributed by atoms with Gasteiger partial charge in [0.1, 0.15) is 11.5 Å². The summed E-state index contributed by atoms with van der Waals surface area (Å²) >= 11 is 3.49. The average Bonchev–Trinajstić information content (AvgIpc) is 2.59. The lowest BCUT2D eigenvalue weighted by Crippen LogP contribution is -2.14. The molecular formula is C19H21BrO4. The van der Waals surface area contributed by atoms with Crippen molar-refractivity contribution >= 4 is 21.9 Å². The number of methoxy groups -OCH3 is 1. The first kappa shape index (κ1) is 18.3. The van der Waals surface area contributed by atoms with Crippen molar-refractivity contribution in [2.75, 3.05) is 13.7 Å². The van der Waals surface area contributed by atoms with Gasteiger partial charge in [-0.2, -0.15) is 0 Å². The Morgan fingerprint density at radius 2 is 1.92 bits per heavy atom. The maximum atomic E-state index is 11.7. The topological polar surface area (TPSA) is 55.8 Å². The van der Waals surface area contributed by atoms with Crippen LogP contribution in [0.25, 0.3) is 0 Å². The highest BCUT2D eigenvalue weighted by Gasteiger charge is 2.21. The minimum absolute atomic E-state index is 0.411. The van der Waals surface area contributed by atoms with E-state index in [0.29, 0.717) is 18.8 Å². The maximum Gasteiger partial charge on any atom is 0.311 e. The number of hydrogen-bond donors (Lipinski definition) is 1. The van der Waals surface area contributed by atoms with Gasteiger partial charge in [0.15, 0.2) is 0 Å². The molecule has 0 aromatic heterocycles. The average molecular weight is 393 g/mol. The fourth-order valence-electron chi connectivity index (χ4n) is 2.42. The van der Waals surface area contributed by atoms with Gasteiger partial charge in [-0.15, -0.1) is 0 Å². The number of carboxylic acid groups (broad SMARTS) is 1. The van der Waals surface area contributed by atoms with Crippen molar-refractivity contribution in [3.05, 3.63) is 58.1 Å². The predicted molar refractivity (Wildman–Crippen MR) is 97.0 cm³/mol. The van der Waals surface area contributed by atoms with Crippen molar-refractivity contribution in [3.63, 3.8) is 0 Å². The largest absolute Gasteiger partial charge is 0.497 e. The molecule has 128 valence electrons. The summed E-state index contributed by atoms with van der Waals surface area (Å²) in [6.07, 6.45) is 1.35. The van der Waals surface area contributed by atoms with Crippen LogP contribution in [-0.2, 0) is 11.2 Å². The zero-order valence-corrected chi connectivity index (χ0v) is 15.4. The zero-order valence-electron chi connectivity index (χ0n) is 13.8. The Morgan fingerprint density at radius 1 is 1.21 bits per heavy atom. The third-order valence-corrected chi connectivity index (χ3v) is 4.33. The number of aliphatic carboxylic acids is 1. The number of halogens is 1. The molecule has 4 nitrogen and oxygen atoms in total. The van der Waals surface area contributed by atoms with Crippen molar-refractivity contribution in [1.82, 2.24) is 0 Å². The molecule has 0 bridgehead atoms. The molecule has 5 heteroatoms. The van der Waals surface area contributed by atoms with Gasteiger partial charge in [0.25, 0.3) is 0 Å². The lowest BCUT2D eigenvalue weighted by Gasteiger charge is -2.15. The second-order valence-corrected chi connectivity index (χ2v) is 6.34. The van der Waals surface area contributed by atoms with E-state index in [0.717, 1.165) is 27.8 Å². The predicted octanol–water partition coefficient (Wildman–Crippen LogP) is 4.66. The first-order valence-corrected chi connectivity index (χ1v) is 8.62. The molecular weight excluding hydrogens is 372 g/mol. The van der Waals surface area contributed by atoms with Crippen LogP contribution in [-0.4, -0.2) is 24.8 Å². The molecule has 1 unspecified atom stereocenters. The Labute approximate surface area is 150 Å². The van der Waals surface area contributed by atoms with E-state index in [9.17, 15) is 9.90 Å². The zero-order chi connectivity index (χ0) is 17.5. The van der Waals surface area contributed by atoms with Crippen LogP contribution in [0.4, 0.5) is 0 Å². The molecule has 0 radical (unpaired) electrons. The molecule has 1 N–H and O–H groups in total. The summed E-state index contributed by atoms with van der Waals surface area (Å²) in [7, 11) is 1.59. The van der Waals surface area contributed by atoms with Gasteiger partial charge < -0.3 is 14.6 Å². The summed E-state index contributed by atoms with van der Waals surface area (Å²) in [5.74, 6) is 0.0350. The lowest BCUT2D eigenvalue weighted by atomic mass is 9.92. The van der Waals surface area contributed by atoms with Crippen LogP contribution in [0.3, 0.4) is 0 Å². The van der Waals surface area contributed by atoms with Gasteiger partial charge in [-0.05, 0) is 64.2 Å². The number of carboxylic acids is 1. The summed E-state index contributed by atoms with van der Waals surface area (Å²) in [4.78, 5) is 11.7. The highest BCUT2D eigenvalue weighted by Crippen LogP contribution is 2.29. The van der Waals surface area contributed by atoms with Crippen LogP contribution in [0.2, 0.25) is 0 Å². The smallest absolute Gasteiger partial charge is 0.311 e. The molecule has 0 heterocycles. The van der Waals surface area contributed by atoms with E-state index in [4.69, 9.17) is 9.47 Å². The summed E-state index contributed by atoms with van der Waals surface area (Å²) in [6.45, 7) is 2.70. The molecule has 2 aromatic rings. The molecule has 2 aromatic carbocycles.